The summed E-state index contributed by atoms with van der Waals surface area (Å²) < 4.78 is 5.14. The minimum atomic E-state index is -0.893. The van der Waals surface area contributed by atoms with Crippen molar-refractivity contribution >= 4 is 5.97 Å². The molecule has 1 heterocycles. The zero-order valence-electron chi connectivity index (χ0n) is 7.49. The highest BCUT2D eigenvalue weighted by molar-refractivity contribution is 5.67. The minimum Gasteiger partial charge on any atom is -0.481 e. The Morgan fingerprint density at radius 3 is 3.00 bits per heavy atom. The molecule has 1 aromatic rings. The topological polar surface area (TPSA) is 76.5 Å². The first kappa shape index (κ1) is 9.80. The van der Waals surface area contributed by atoms with Crippen LogP contribution in [0.15, 0.2) is 16.7 Å². The SMILES string of the molecule is CCc1occc1[C@@H](N)CC(=O)O. The lowest BCUT2D eigenvalue weighted by Gasteiger charge is -2.07. The van der Waals surface area contributed by atoms with E-state index in [4.69, 9.17) is 15.3 Å². The number of nitrogens with two attached hydrogens (primary N) is 1. The van der Waals surface area contributed by atoms with Crippen molar-refractivity contribution in [1.29, 1.82) is 0 Å². The highest BCUT2D eigenvalue weighted by Gasteiger charge is 2.15. The van der Waals surface area contributed by atoms with Crippen molar-refractivity contribution in [3.63, 3.8) is 0 Å². The molecule has 0 aliphatic heterocycles. The Morgan fingerprint density at radius 2 is 2.46 bits per heavy atom. The molecule has 1 aromatic heterocycles. The number of aryl methyl sites for hydroxylation is 1. The van der Waals surface area contributed by atoms with E-state index in [1.165, 1.54) is 6.26 Å². The zero-order chi connectivity index (χ0) is 9.84. The maximum absolute atomic E-state index is 10.4. The summed E-state index contributed by atoms with van der Waals surface area (Å²) in [6.07, 6.45) is 2.21. The smallest absolute Gasteiger partial charge is 0.305 e. The number of hydrogen-bond acceptors (Lipinski definition) is 3. The van der Waals surface area contributed by atoms with Gasteiger partial charge in [-0.05, 0) is 6.07 Å². The molecule has 4 heteroatoms. The molecule has 4 nitrogen and oxygen atoms in total. The molecular weight excluding hydrogens is 170 g/mol. The van der Waals surface area contributed by atoms with Crippen molar-refractivity contribution in [2.45, 2.75) is 25.8 Å². The van der Waals surface area contributed by atoms with E-state index in [2.05, 4.69) is 0 Å². The Morgan fingerprint density at radius 1 is 1.77 bits per heavy atom. The van der Waals surface area contributed by atoms with Crippen molar-refractivity contribution in [2.75, 3.05) is 0 Å². The Hall–Kier alpha value is -1.29. The molecule has 0 radical (unpaired) electrons. The van der Waals surface area contributed by atoms with Crippen LogP contribution in [-0.4, -0.2) is 11.1 Å². The van der Waals surface area contributed by atoms with Gasteiger partial charge in [-0.15, -0.1) is 0 Å². The molecule has 0 aliphatic rings. The lowest BCUT2D eigenvalue weighted by molar-refractivity contribution is -0.137. The van der Waals surface area contributed by atoms with Crippen LogP contribution in [-0.2, 0) is 11.2 Å². The van der Waals surface area contributed by atoms with Crippen LogP contribution in [0.25, 0.3) is 0 Å². The molecule has 3 N–H and O–H groups in total. The van der Waals surface area contributed by atoms with Gasteiger partial charge in [-0.1, -0.05) is 6.92 Å². The maximum atomic E-state index is 10.4. The molecule has 0 fully saturated rings. The van der Waals surface area contributed by atoms with Crippen LogP contribution < -0.4 is 5.73 Å². The lowest BCUT2D eigenvalue weighted by atomic mass is 10.0. The molecule has 1 atom stereocenters. The molecule has 0 unspecified atom stereocenters. The minimum absolute atomic E-state index is 0.0630. The molecule has 0 saturated heterocycles. The van der Waals surface area contributed by atoms with Gasteiger partial charge in [0.2, 0.25) is 0 Å². The molecule has 0 amide bonds. The van der Waals surface area contributed by atoms with Gasteiger partial charge in [0.15, 0.2) is 0 Å². The number of rotatable bonds is 4. The van der Waals surface area contributed by atoms with Gasteiger partial charge in [0.25, 0.3) is 0 Å². The van der Waals surface area contributed by atoms with E-state index in [1.54, 1.807) is 6.07 Å². The fraction of sp³-hybridized carbons (Fsp3) is 0.444. The fourth-order valence-electron chi connectivity index (χ4n) is 1.27. The molecule has 1 rings (SSSR count). The van der Waals surface area contributed by atoms with Gasteiger partial charge in [-0.25, -0.2) is 0 Å². The normalized spacial score (nSPS) is 12.8. The standard InChI is InChI=1S/C9H13NO3/c1-2-8-6(3-4-13-8)7(10)5-9(11)12/h3-4,7H,2,5,10H2,1H3,(H,11,12)/t7-/m0/s1. The molecular formula is C9H13NO3. The highest BCUT2D eigenvalue weighted by atomic mass is 16.4. The summed E-state index contributed by atoms with van der Waals surface area (Å²) in [6.45, 7) is 1.94. The first-order valence-electron chi connectivity index (χ1n) is 4.18. The average molecular weight is 183 g/mol. The van der Waals surface area contributed by atoms with E-state index < -0.39 is 12.0 Å². The lowest BCUT2D eigenvalue weighted by Crippen LogP contribution is -2.15. The summed E-state index contributed by atoms with van der Waals surface area (Å²) in [4.78, 5) is 10.4. The van der Waals surface area contributed by atoms with Gasteiger partial charge in [-0.2, -0.15) is 0 Å². The molecule has 0 aromatic carbocycles. The summed E-state index contributed by atoms with van der Waals surface area (Å²) in [5.41, 5.74) is 6.47. The third-order valence-electron chi connectivity index (χ3n) is 1.89. The monoisotopic (exact) mass is 183 g/mol. The Bertz CT molecular complexity index is 293. The predicted molar refractivity (Wildman–Crippen MR) is 47.3 cm³/mol. The quantitative estimate of drug-likeness (QED) is 0.738. The Kier molecular flexibility index (Phi) is 3.08. The van der Waals surface area contributed by atoms with Crippen molar-refractivity contribution < 1.29 is 14.3 Å². The summed E-state index contributed by atoms with van der Waals surface area (Å²) >= 11 is 0. The molecule has 0 bridgehead atoms. The largest absolute Gasteiger partial charge is 0.481 e. The number of carboxylic acid groups (broad SMARTS) is 1. The van der Waals surface area contributed by atoms with Crippen molar-refractivity contribution in [3.05, 3.63) is 23.7 Å². The van der Waals surface area contributed by atoms with Gasteiger partial charge in [-0.3, -0.25) is 4.79 Å². The number of furan rings is 1. The fourth-order valence-corrected chi connectivity index (χ4v) is 1.27. The second kappa shape index (κ2) is 4.09. The first-order valence-corrected chi connectivity index (χ1v) is 4.18. The molecule has 0 aliphatic carbocycles. The molecule has 0 saturated carbocycles. The van der Waals surface area contributed by atoms with Crippen LogP contribution >= 0.6 is 0 Å². The van der Waals surface area contributed by atoms with E-state index in [-0.39, 0.29) is 6.42 Å². The summed E-state index contributed by atoms with van der Waals surface area (Å²) in [7, 11) is 0. The van der Waals surface area contributed by atoms with Crippen LogP contribution in [0.2, 0.25) is 0 Å². The zero-order valence-corrected chi connectivity index (χ0v) is 7.49. The second-order valence-electron chi connectivity index (χ2n) is 2.86. The number of hydrogen-bond donors (Lipinski definition) is 2. The van der Waals surface area contributed by atoms with E-state index in [0.29, 0.717) is 0 Å². The van der Waals surface area contributed by atoms with Crippen molar-refractivity contribution in [2.24, 2.45) is 5.73 Å². The third kappa shape index (κ3) is 2.32. The van der Waals surface area contributed by atoms with Crippen LogP contribution in [0.1, 0.15) is 30.7 Å². The van der Waals surface area contributed by atoms with E-state index in [1.807, 2.05) is 6.92 Å². The first-order chi connectivity index (χ1) is 6.15. The van der Waals surface area contributed by atoms with Crippen molar-refractivity contribution in [3.8, 4) is 0 Å². The van der Waals surface area contributed by atoms with Gasteiger partial charge in [0, 0.05) is 18.0 Å². The molecule has 0 spiro atoms. The van der Waals surface area contributed by atoms with E-state index >= 15 is 0 Å². The Labute approximate surface area is 76.3 Å². The van der Waals surface area contributed by atoms with Gasteiger partial charge >= 0.3 is 5.97 Å². The Balaban J connectivity index is 2.75. The van der Waals surface area contributed by atoms with Crippen molar-refractivity contribution in [1.82, 2.24) is 0 Å². The van der Waals surface area contributed by atoms with Crippen LogP contribution in [0.4, 0.5) is 0 Å². The van der Waals surface area contributed by atoms with Gasteiger partial charge in [0.1, 0.15) is 5.76 Å². The third-order valence-corrected chi connectivity index (χ3v) is 1.89. The summed E-state index contributed by atoms with van der Waals surface area (Å²) in [5.74, 6) is -0.121. The molecule has 72 valence electrons. The van der Waals surface area contributed by atoms with Gasteiger partial charge in [0.05, 0.1) is 12.7 Å². The van der Waals surface area contributed by atoms with Gasteiger partial charge < -0.3 is 15.3 Å². The second-order valence-corrected chi connectivity index (χ2v) is 2.86. The van der Waals surface area contributed by atoms with Crippen LogP contribution in [0.5, 0.6) is 0 Å². The maximum Gasteiger partial charge on any atom is 0.305 e. The predicted octanol–water partition coefficient (Wildman–Crippen LogP) is 1.32. The van der Waals surface area contributed by atoms with E-state index in [0.717, 1.165) is 17.7 Å². The number of carboxylic acids is 1. The van der Waals surface area contributed by atoms with Crippen LogP contribution in [0.3, 0.4) is 0 Å². The summed E-state index contributed by atoms with van der Waals surface area (Å²) in [5, 5.41) is 8.54. The number of aliphatic carboxylic acids is 1. The highest BCUT2D eigenvalue weighted by Crippen LogP contribution is 2.20. The molecule has 13 heavy (non-hydrogen) atoms. The van der Waals surface area contributed by atoms with Crippen LogP contribution in [0, 0.1) is 0 Å². The summed E-state index contributed by atoms with van der Waals surface area (Å²) in [6, 6.07) is 1.26. The average Bonchev–Trinajstić information content (AvgIpc) is 2.49. The number of carbonyl (C=O) groups is 1. The van der Waals surface area contributed by atoms with E-state index in [9.17, 15) is 4.79 Å².